The van der Waals surface area contributed by atoms with Crippen LogP contribution in [0.2, 0.25) is 10.0 Å². The Morgan fingerprint density at radius 1 is 1.33 bits per heavy atom. The second-order valence-electron chi connectivity index (χ2n) is 2.29. The number of hydrogen-bond acceptors (Lipinski definition) is 3. The SMILES string of the molecule is Nc1nc2c(Cl)cc(Cl)cc2o1. The van der Waals surface area contributed by atoms with Crippen molar-refractivity contribution in [3.8, 4) is 0 Å². The van der Waals surface area contributed by atoms with Crippen LogP contribution in [0.3, 0.4) is 0 Å². The van der Waals surface area contributed by atoms with Gasteiger partial charge in [-0.15, -0.1) is 0 Å². The molecule has 0 saturated heterocycles. The van der Waals surface area contributed by atoms with Gasteiger partial charge in [0.1, 0.15) is 5.52 Å². The molecule has 0 aliphatic rings. The van der Waals surface area contributed by atoms with Gasteiger partial charge in [0.05, 0.1) is 5.02 Å². The molecule has 62 valence electrons. The van der Waals surface area contributed by atoms with E-state index in [1.54, 1.807) is 12.1 Å². The highest BCUT2D eigenvalue weighted by Gasteiger charge is 2.07. The number of nitrogen functional groups attached to an aromatic ring is 1. The van der Waals surface area contributed by atoms with Crippen LogP contribution in [0.4, 0.5) is 6.01 Å². The summed E-state index contributed by atoms with van der Waals surface area (Å²) in [5.41, 5.74) is 6.37. The molecule has 0 aliphatic carbocycles. The van der Waals surface area contributed by atoms with Gasteiger partial charge in [-0.2, -0.15) is 4.98 Å². The minimum atomic E-state index is 0.0918. The van der Waals surface area contributed by atoms with Crippen molar-refractivity contribution in [2.45, 2.75) is 0 Å². The van der Waals surface area contributed by atoms with Crippen molar-refractivity contribution in [2.75, 3.05) is 5.73 Å². The average Bonchev–Trinajstić information content (AvgIpc) is 2.29. The monoisotopic (exact) mass is 202 g/mol. The fourth-order valence-electron chi connectivity index (χ4n) is 0.974. The van der Waals surface area contributed by atoms with Crippen molar-refractivity contribution in [3.05, 3.63) is 22.2 Å². The summed E-state index contributed by atoms with van der Waals surface area (Å²) in [4.78, 5) is 3.87. The lowest BCUT2D eigenvalue weighted by Crippen LogP contribution is -1.80. The highest BCUT2D eigenvalue weighted by atomic mass is 35.5. The summed E-state index contributed by atoms with van der Waals surface area (Å²) < 4.78 is 5.03. The predicted octanol–water partition coefficient (Wildman–Crippen LogP) is 2.72. The third-order valence-corrected chi connectivity index (χ3v) is 1.94. The predicted molar refractivity (Wildman–Crippen MR) is 48.4 cm³/mol. The van der Waals surface area contributed by atoms with Crippen LogP contribution in [0.5, 0.6) is 0 Å². The van der Waals surface area contributed by atoms with Crippen molar-refractivity contribution >= 4 is 40.3 Å². The number of aromatic nitrogens is 1. The number of fused-ring (bicyclic) bond motifs is 1. The molecule has 0 saturated carbocycles. The van der Waals surface area contributed by atoms with E-state index in [9.17, 15) is 0 Å². The van der Waals surface area contributed by atoms with E-state index in [0.717, 1.165) is 0 Å². The highest BCUT2D eigenvalue weighted by Crippen LogP contribution is 2.28. The Labute approximate surface area is 78.1 Å². The molecule has 0 atom stereocenters. The Morgan fingerprint density at radius 3 is 2.83 bits per heavy atom. The van der Waals surface area contributed by atoms with Gasteiger partial charge in [-0.3, -0.25) is 0 Å². The summed E-state index contributed by atoms with van der Waals surface area (Å²) in [6, 6.07) is 3.30. The molecule has 0 spiro atoms. The van der Waals surface area contributed by atoms with Gasteiger partial charge in [-0.05, 0) is 6.07 Å². The number of halogens is 2. The Hall–Kier alpha value is -0.930. The third-order valence-electron chi connectivity index (χ3n) is 1.43. The van der Waals surface area contributed by atoms with E-state index in [1.165, 1.54) is 0 Å². The van der Waals surface area contributed by atoms with E-state index in [1.807, 2.05) is 0 Å². The maximum atomic E-state index is 5.81. The first-order chi connectivity index (χ1) is 5.66. The van der Waals surface area contributed by atoms with E-state index >= 15 is 0 Å². The molecule has 0 radical (unpaired) electrons. The van der Waals surface area contributed by atoms with E-state index in [0.29, 0.717) is 21.1 Å². The minimum absolute atomic E-state index is 0.0918. The number of hydrogen-bond donors (Lipinski definition) is 1. The molecule has 0 unspecified atom stereocenters. The molecule has 2 N–H and O–H groups in total. The first-order valence-electron chi connectivity index (χ1n) is 3.18. The van der Waals surface area contributed by atoms with Crippen LogP contribution in [0.15, 0.2) is 16.5 Å². The molecule has 1 aromatic heterocycles. The number of benzene rings is 1. The van der Waals surface area contributed by atoms with Crippen molar-refractivity contribution in [1.29, 1.82) is 0 Å². The smallest absolute Gasteiger partial charge is 0.293 e. The molecule has 0 fully saturated rings. The summed E-state index contributed by atoms with van der Waals surface area (Å²) in [6.07, 6.45) is 0. The van der Waals surface area contributed by atoms with E-state index in [4.69, 9.17) is 33.4 Å². The molecular weight excluding hydrogens is 199 g/mol. The van der Waals surface area contributed by atoms with Crippen molar-refractivity contribution in [1.82, 2.24) is 4.98 Å². The zero-order chi connectivity index (χ0) is 8.72. The van der Waals surface area contributed by atoms with Gasteiger partial charge >= 0.3 is 0 Å². The van der Waals surface area contributed by atoms with Crippen molar-refractivity contribution in [2.24, 2.45) is 0 Å². The van der Waals surface area contributed by atoms with Crippen LogP contribution in [-0.2, 0) is 0 Å². The Morgan fingerprint density at radius 2 is 2.08 bits per heavy atom. The molecule has 5 heteroatoms. The van der Waals surface area contributed by atoms with E-state index in [-0.39, 0.29) is 6.01 Å². The van der Waals surface area contributed by atoms with Gasteiger partial charge in [-0.25, -0.2) is 0 Å². The van der Waals surface area contributed by atoms with Crippen LogP contribution < -0.4 is 5.73 Å². The highest BCUT2D eigenvalue weighted by molar-refractivity contribution is 6.38. The molecule has 0 bridgehead atoms. The lowest BCUT2D eigenvalue weighted by atomic mass is 10.3. The molecular formula is C7H4Cl2N2O. The van der Waals surface area contributed by atoms with Gasteiger partial charge in [0.2, 0.25) is 0 Å². The second-order valence-corrected chi connectivity index (χ2v) is 3.13. The number of nitrogens with zero attached hydrogens (tertiary/aromatic N) is 1. The summed E-state index contributed by atoms with van der Waals surface area (Å²) in [5.74, 6) is 0. The van der Waals surface area contributed by atoms with E-state index < -0.39 is 0 Å². The average molecular weight is 203 g/mol. The lowest BCUT2D eigenvalue weighted by molar-refractivity contribution is 0.626. The fourth-order valence-corrected chi connectivity index (χ4v) is 1.49. The zero-order valence-corrected chi connectivity index (χ0v) is 7.36. The summed E-state index contributed by atoms with van der Waals surface area (Å²) in [7, 11) is 0. The van der Waals surface area contributed by atoms with Crippen LogP contribution in [0.1, 0.15) is 0 Å². The van der Waals surface area contributed by atoms with Crippen molar-refractivity contribution < 1.29 is 4.42 Å². The number of oxazole rings is 1. The lowest BCUT2D eigenvalue weighted by Gasteiger charge is -1.90. The molecule has 12 heavy (non-hydrogen) atoms. The van der Waals surface area contributed by atoms with Crippen LogP contribution >= 0.6 is 23.2 Å². The standard InChI is InChI=1S/C7H4Cl2N2O/c8-3-1-4(9)6-5(2-3)12-7(10)11-6/h1-2H,(H2,10,11). The minimum Gasteiger partial charge on any atom is -0.424 e. The fraction of sp³-hybridized carbons (Fsp3) is 0. The summed E-state index contributed by atoms with van der Waals surface area (Å²) in [6.45, 7) is 0. The normalized spacial score (nSPS) is 10.8. The maximum absolute atomic E-state index is 5.81. The van der Waals surface area contributed by atoms with Gasteiger partial charge in [0.25, 0.3) is 6.01 Å². The van der Waals surface area contributed by atoms with E-state index in [2.05, 4.69) is 4.98 Å². The first kappa shape index (κ1) is 7.71. The van der Waals surface area contributed by atoms with Gasteiger partial charge in [0, 0.05) is 11.1 Å². The molecule has 1 aromatic carbocycles. The Balaban J connectivity index is 2.88. The molecule has 2 rings (SSSR count). The maximum Gasteiger partial charge on any atom is 0.293 e. The second kappa shape index (κ2) is 2.54. The van der Waals surface area contributed by atoms with Crippen LogP contribution in [0, 0.1) is 0 Å². The quantitative estimate of drug-likeness (QED) is 0.715. The van der Waals surface area contributed by atoms with Gasteiger partial charge < -0.3 is 10.2 Å². The summed E-state index contributed by atoms with van der Waals surface area (Å²) in [5, 5.41) is 0.946. The zero-order valence-electron chi connectivity index (χ0n) is 5.84. The first-order valence-corrected chi connectivity index (χ1v) is 3.93. The van der Waals surface area contributed by atoms with Gasteiger partial charge in [-0.1, -0.05) is 23.2 Å². The van der Waals surface area contributed by atoms with Crippen LogP contribution in [-0.4, -0.2) is 4.98 Å². The molecule has 0 amide bonds. The van der Waals surface area contributed by atoms with Crippen LogP contribution in [0.25, 0.3) is 11.1 Å². The van der Waals surface area contributed by atoms with Gasteiger partial charge in [0.15, 0.2) is 5.58 Å². The molecule has 0 aliphatic heterocycles. The number of anilines is 1. The van der Waals surface area contributed by atoms with Crippen molar-refractivity contribution in [3.63, 3.8) is 0 Å². The number of rotatable bonds is 0. The largest absolute Gasteiger partial charge is 0.424 e. The summed E-state index contributed by atoms with van der Waals surface area (Å²) >= 11 is 11.5. The Kier molecular flexibility index (Phi) is 1.63. The third kappa shape index (κ3) is 1.11. The number of nitrogens with two attached hydrogens (primary N) is 1. The Bertz CT molecular complexity index is 438. The molecule has 2 aromatic rings. The topological polar surface area (TPSA) is 52.0 Å². The molecule has 3 nitrogen and oxygen atoms in total. The molecule has 1 heterocycles.